The van der Waals surface area contributed by atoms with E-state index in [-0.39, 0.29) is 24.5 Å². The van der Waals surface area contributed by atoms with Crippen LogP contribution in [0.5, 0.6) is 0 Å². The second-order valence-corrected chi connectivity index (χ2v) is 11.6. The number of carbonyl (C=O) groups is 2. The molecule has 2 aliphatic rings. The maximum atomic E-state index is 12.2. The summed E-state index contributed by atoms with van der Waals surface area (Å²) in [6.45, 7) is 20.9. The molecule has 42 heavy (non-hydrogen) atoms. The summed E-state index contributed by atoms with van der Waals surface area (Å²) in [6, 6.07) is 8.33. The van der Waals surface area contributed by atoms with Crippen LogP contribution >= 0.6 is 0 Å². The summed E-state index contributed by atoms with van der Waals surface area (Å²) in [5.41, 5.74) is 3.66. The van der Waals surface area contributed by atoms with Crippen molar-refractivity contribution in [3.8, 4) is 0 Å². The van der Waals surface area contributed by atoms with Crippen LogP contribution in [0.2, 0.25) is 0 Å². The maximum Gasteiger partial charge on any atom is 0.224 e. The van der Waals surface area contributed by atoms with E-state index in [2.05, 4.69) is 56.6 Å². The first-order valence-corrected chi connectivity index (χ1v) is 16.4. The van der Waals surface area contributed by atoms with Crippen LogP contribution in [0, 0.1) is 11.8 Å². The predicted octanol–water partition coefficient (Wildman–Crippen LogP) is 5.97. The van der Waals surface area contributed by atoms with Gasteiger partial charge in [0.05, 0.1) is 19.1 Å². The van der Waals surface area contributed by atoms with Gasteiger partial charge in [-0.2, -0.15) is 0 Å². The number of hydrogen-bond donors (Lipinski definition) is 3. The molecule has 2 aliphatic heterocycles. The number of likely N-dealkylation sites (tertiary alicyclic amines) is 2. The van der Waals surface area contributed by atoms with Gasteiger partial charge in [0.2, 0.25) is 11.8 Å². The summed E-state index contributed by atoms with van der Waals surface area (Å²) in [4.78, 5) is 28.5. The summed E-state index contributed by atoms with van der Waals surface area (Å²) < 4.78 is 0. The van der Waals surface area contributed by atoms with E-state index in [4.69, 9.17) is 5.11 Å². The molecular formula is C35H63N3O4. The van der Waals surface area contributed by atoms with Gasteiger partial charge in [-0.05, 0) is 67.9 Å². The smallest absolute Gasteiger partial charge is 0.224 e. The van der Waals surface area contributed by atoms with Gasteiger partial charge < -0.3 is 25.3 Å². The van der Waals surface area contributed by atoms with Crippen LogP contribution < -0.4 is 5.32 Å². The van der Waals surface area contributed by atoms with Crippen molar-refractivity contribution in [2.75, 3.05) is 39.9 Å². The lowest BCUT2D eigenvalue weighted by atomic mass is 10.0. The van der Waals surface area contributed by atoms with Crippen LogP contribution in [-0.4, -0.2) is 77.8 Å². The molecule has 2 fully saturated rings. The highest BCUT2D eigenvalue weighted by molar-refractivity contribution is 5.78. The molecule has 1 aromatic rings. The molecule has 2 unspecified atom stereocenters. The third-order valence-electron chi connectivity index (χ3n) is 7.61. The highest BCUT2D eigenvalue weighted by atomic mass is 16.3. The molecule has 3 rings (SSSR count). The summed E-state index contributed by atoms with van der Waals surface area (Å²) in [7, 11) is 1.00. The molecule has 2 saturated heterocycles. The van der Waals surface area contributed by atoms with E-state index in [0.29, 0.717) is 25.3 Å². The first-order valence-electron chi connectivity index (χ1n) is 16.4. The predicted molar refractivity (Wildman–Crippen MR) is 176 cm³/mol. The number of aliphatic hydroxyl groups excluding tert-OH is 2. The van der Waals surface area contributed by atoms with Crippen molar-refractivity contribution in [2.24, 2.45) is 11.8 Å². The van der Waals surface area contributed by atoms with E-state index in [0.717, 1.165) is 70.1 Å². The molecule has 7 nitrogen and oxygen atoms in total. The maximum absolute atomic E-state index is 12.2. The van der Waals surface area contributed by atoms with Gasteiger partial charge >= 0.3 is 0 Å². The molecule has 242 valence electrons. The monoisotopic (exact) mass is 589 g/mol. The van der Waals surface area contributed by atoms with E-state index in [1.54, 1.807) is 0 Å². The number of hydrogen-bond acceptors (Lipinski definition) is 5. The lowest BCUT2D eigenvalue weighted by Gasteiger charge is -2.22. The number of aliphatic hydroxyl groups is 2. The summed E-state index contributed by atoms with van der Waals surface area (Å²) in [5, 5.41) is 19.3. The molecule has 3 N–H and O–H groups in total. The average Bonchev–Trinajstić information content (AvgIpc) is 3.67. The van der Waals surface area contributed by atoms with Crippen LogP contribution in [-0.2, 0) is 22.4 Å². The Hall–Kier alpha value is -2.38. The lowest BCUT2D eigenvalue weighted by Crippen LogP contribution is -2.37. The number of nitrogens with one attached hydrogen (secondary N) is 1. The van der Waals surface area contributed by atoms with Gasteiger partial charge in [0.15, 0.2) is 0 Å². The third-order valence-corrected chi connectivity index (χ3v) is 7.61. The van der Waals surface area contributed by atoms with Crippen molar-refractivity contribution in [3.05, 3.63) is 47.7 Å². The Balaban J connectivity index is 0.000000998. The minimum Gasteiger partial charge on any atom is -0.400 e. The number of carbonyl (C=O) groups excluding carboxylic acids is 2. The Labute approximate surface area is 257 Å². The first kappa shape index (κ1) is 39.6. The van der Waals surface area contributed by atoms with Crippen molar-refractivity contribution in [1.82, 2.24) is 15.1 Å². The van der Waals surface area contributed by atoms with Gasteiger partial charge in [-0.25, -0.2) is 0 Å². The van der Waals surface area contributed by atoms with Gasteiger partial charge in [0, 0.05) is 45.4 Å². The van der Waals surface area contributed by atoms with Crippen molar-refractivity contribution < 1.29 is 19.8 Å². The molecule has 0 bridgehead atoms. The molecule has 2 amide bonds. The Morgan fingerprint density at radius 1 is 1.02 bits per heavy atom. The Morgan fingerprint density at radius 3 is 2.21 bits per heavy atom. The molecule has 0 spiro atoms. The summed E-state index contributed by atoms with van der Waals surface area (Å²) in [6.07, 6.45) is 9.01. The van der Waals surface area contributed by atoms with Crippen LogP contribution in [0.1, 0.15) is 104 Å². The van der Waals surface area contributed by atoms with E-state index < -0.39 is 0 Å². The van der Waals surface area contributed by atoms with Gasteiger partial charge in [0.1, 0.15) is 0 Å². The largest absolute Gasteiger partial charge is 0.400 e. The van der Waals surface area contributed by atoms with Crippen LogP contribution in [0.15, 0.2) is 36.5 Å². The second kappa shape index (κ2) is 24.1. The quantitative estimate of drug-likeness (QED) is 0.246. The van der Waals surface area contributed by atoms with Gasteiger partial charge in [-0.1, -0.05) is 78.8 Å². The molecule has 2 heterocycles. The number of benzene rings is 1. The fraction of sp³-hybridized carbons (Fsp3) is 0.714. The zero-order chi connectivity index (χ0) is 31.9. The Kier molecular flexibility index (Phi) is 22.7. The van der Waals surface area contributed by atoms with Crippen LogP contribution in [0.4, 0.5) is 0 Å². The molecule has 7 heteroatoms. The summed E-state index contributed by atoms with van der Waals surface area (Å²) in [5.74, 6) is 1.72. The van der Waals surface area contributed by atoms with Crippen LogP contribution in [0.3, 0.4) is 0 Å². The highest BCUT2D eigenvalue weighted by Crippen LogP contribution is 2.20. The lowest BCUT2D eigenvalue weighted by molar-refractivity contribution is -0.132. The fourth-order valence-electron chi connectivity index (χ4n) is 5.26. The number of allylic oxidation sites excluding steroid dienone is 1. The standard InChI is InChI=1S/C23H36N2O3.C9H17N.C2H6.CH4O/c1-18(2)15-19-9-11-20(12-10-19)16-22(27)24-13-5-3-4-8-23(28)25-14-6-7-21(25)17-26;1-4-9(3)10-6-5-8(2)7-10;2*1-2/h9-12,18,21,26H,3-8,13-17H2,1-2H3,(H,24,27);8H,3-7H2,1-2H3;1-2H3;2H,1H3. The van der Waals surface area contributed by atoms with Gasteiger partial charge in [0.25, 0.3) is 0 Å². The number of unbranched alkanes of at least 4 members (excludes halogenated alkanes) is 2. The zero-order valence-electron chi connectivity index (χ0n) is 28.0. The van der Waals surface area contributed by atoms with Crippen molar-refractivity contribution in [1.29, 1.82) is 0 Å². The van der Waals surface area contributed by atoms with Crippen molar-refractivity contribution in [2.45, 2.75) is 112 Å². The minimum absolute atomic E-state index is 0.0197. The molecule has 0 saturated carbocycles. The Bertz CT molecular complexity index is 856. The number of rotatable bonds is 13. The molecule has 0 aliphatic carbocycles. The van der Waals surface area contributed by atoms with Gasteiger partial charge in [-0.3, -0.25) is 9.59 Å². The molecule has 2 atom stereocenters. The fourth-order valence-corrected chi connectivity index (χ4v) is 5.26. The normalized spacial score (nSPS) is 17.4. The Morgan fingerprint density at radius 2 is 1.67 bits per heavy atom. The zero-order valence-corrected chi connectivity index (χ0v) is 28.0. The van der Waals surface area contributed by atoms with E-state index in [9.17, 15) is 14.7 Å². The number of nitrogens with zero attached hydrogens (tertiary/aromatic N) is 2. The average molecular weight is 590 g/mol. The highest BCUT2D eigenvalue weighted by Gasteiger charge is 2.27. The van der Waals surface area contributed by atoms with E-state index in [1.807, 2.05) is 30.9 Å². The van der Waals surface area contributed by atoms with Crippen molar-refractivity contribution in [3.63, 3.8) is 0 Å². The van der Waals surface area contributed by atoms with Crippen LogP contribution in [0.25, 0.3) is 0 Å². The molecule has 1 aromatic carbocycles. The molecule has 0 aromatic heterocycles. The van der Waals surface area contributed by atoms with Gasteiger partial charge in [-0.15, -0.1) is 0 Å². The van der Waals surface area contributed by atoms with Crippen molar-refractivity contribution >= 4 is 11.8 Å². The topological polar surface area (TPSA) is 93.1 Å². The molecular weight excluding hydrogens is 526 g/mol. The summed E-state index contributed by atoms with van der Waals surface area (Å²) >= 11 is 0. The van der Waals surface area contributed by atoms with E-state index in [1.165, 1.54) is 30.8 Å². The SMILES string of the molecule is C=C(CC)N1CCC(C)C1.CC.CC(C)Cc1ccc(CC(=O)NCCCCCC(=O)N2CCCC2CO)cc1.CO. The first-order chi connectivity index (χ1) is 20.2. The number of amides is 2. The third kappa shape index (κ3) is 16.3. The molecule has 0 radical (unpaired) electrons. The second-order valence-electron chi connectivity index (χ2n) is 11.6. The minimum atomic E-state index is 0.0197. The van der Waals surface area contributed by atoms with E-state index >= 15 is 0 Å².